The van der Waals surface area contributed by atoms with E-state index < -0.39 is 5.97 Å². The van der Waals surface area contributed by atoms with Crippen molar-refractivity contribution < 1.29 is 48.8 Å². The largest absolute Gasteiger partial charge is 1.00 e. The van der Waals surface area contributed by atoms with Crippen molar-refractivity contribution in [2.75, 3.05) is 0 Å². The molecule has 0 saturated carbocycles. The summed E-state index contributed by atoms with van der Waals surface area (Å²) in [5.74, 6) is -1.02. The number of aliphatic carboxylic acids is 1. The minimum Gasteiger partial charge on any atom is -0.543 e. The monoisotopic (exact) mass is 287 g/mol. The average Bonchev–Trinajstić information content (AvgIpc) is 2.89. The van der Waals surface area contributed by atoms with Crippen LogP contribution < -0.4 is 34.7 Å². The van der Waals surface area contributed by atoms with Crippen molar-refractivity contribution in [1.82, 2.24) is 15.0 Å². The van der Waals surface area contributed by atoms with Crippen LogP contribution in [-0.2, 0) is 9.59 Å². The fourth-order valence-corrected chi connectivity index (χ4v) is 2.89. The molecule has 1 aromatic rings. The molecule has 0 unspecified atom stereocenters. The molecule has 3 heterocycles. The zero-order valence-electron chi connectivity index (χ0n) is 10.1. The van der Waals surface area contributed by atoms with Gasteiger partial charge in [-0.15, -0.1) is 11.8 Å². The number of aryl methyl sites for hydroxylation is 1. The molecule has 0 N–H and O–H groups in total. The zero-order valence-corrected chi connectivity index (χ0v) is 12.9. The van der Waals surface area contributed by atoms with Crippen molar-refractivity contribution in [3.63, 3.8) is 0 Å². The van der Waals surface area contributed by atoms with Crippen LogP contribution in [0.5, 0.6) is 0 Å². The summed E-state index contributed by atoms with van der Waals surface area (Å²) in [7, 11) is 0. The Morgan fingerprint density at radius 1 is 1.63 bits per heavy atom. The van der Waals surface area contributed by atoms with Crippen LogP contribution in [0.1, 0.15) is 11.7 Å². The first-order chi connectivity index (χ1) is 8.58. The second-order valence-corrected chi connectivity index (χ2v) is 4.68. The molecule has 0 bridgehead atoms. The third-order valence-corrected chi connectivity index (χ3v) is 3.65. The molecular weight excluding hydrogens is 281 g/mol. The Hall–Kier alpha value is -1.09. The standard InChI is InChI=1S/C10H7N3O4S.Na/c1-4-11-7(12-17-4)2-5-8(14)13-6(10(15)16)3-18-9(5)13;/h2-3,9H,1H3,(H,15,16);/q;+1/p-1/b5-2-;/t9-;/m1./s1. The van der Waals surface area contributed by atoms with Gasteiger partial charge in [0, 0.05) is 6.92 Å². The van der Waals surface area contributed by atoms with Gasteiger partial charge < -0.3 is 14.4 Å². The van der Waals surface area contributed by atoms with Crippen LogP contribution in [0.25, 0.3) is 6.08 Å². The molecule has 1 amide bonds. The van der Waals surface area contributed by atoms with Crippen LogP contribution in [0.3, 0.4) is 0 Å². The summed E-state index contributed by atoms with van der Waals surface area (Å²) in [6.45, 7) is 1.64. The molecule has 92 valence electrons. The SMILES string of the molecule is Cc1nc(/C=C2/C(=O)N3C(C(=O)[O-])=CS[C@H]23)no1.[Na+]. The van der Waals surface area contributed by atoms with Gasteiger partial charge in [-0.05, 0) is 11.5 Å². The van der Waals surface area contributed by atoms with Crippen LogP contribution in [0, 0.1) is 6.92 Å². The summed E-state index contributed by atoms with van der Waals surface area (Å²) in [6.07, 6.45) is 1.50. The van der Waals surface area contributed by atoms with Crippen molar-refractivity contribution in [2.24, 2.45) is 0 Å². The predicted molar refractivity (Wildman–Crippen MR) is 58.3 cm³/mol. The molecule has 0 spiro atoms. The molecule has 0 aromatic carbocycles. The fraction of sp³-hybridized carbons (Fsp3) is 0.200. The maximum absolute atomic E-state index is 11.8. The number of fused-ring (bicyclic) bond motifs is 1. The molecule has 1 aromatic heterocycles. The topological polar surface area (TPSA) is 99.4 Å². The fourth-order valence-electron chi connectivity index (χ4n) is 1.77. The third kappa shape index (κ3) is 2.25. The predicted octanol–water partition coefficient (Wildman–Crippen LogP) is -3.73. The van der Waals surface area contributed by atoms with Gasteiger partial charge in [0.05, 0.1) is 17.2 Å². The second kappa shape index (κ2) is 5.12. The smallest absolute Gasteiger partial charge is 0.543 e. The number of aromatic nitrogens is 2. The van der Waals surface area contributed by atoms with Crippen LogP contribution in [0.4, 0.5) is 0 Å². The second-order valence-electron chi connectivity index (χ2n) is 3.73. The zero-order chi connectivity index (χ0) is 12.9. The van der Waals surface area contributed by atoms with E-state index in [1.807, 2.05) is 0 Å². The number of carbonyl (C=O) groups is 2. The van der Waals surface area contributed by atoms with E-state index >= 15 is 0 Å². The Balaban J connectivity index is 0.00000133. The number of hydrogen-bond donors (Lipinski definition) is 0. The summed E-state index contributed by atoms with van der Waals surface area (Å²) in [5.41, 5.74) is 0.352. The van der Waals surface area contributed by atoms with Crippen LogP contribution in [-0.4, -0.2) is 32.3 Å². The van der Waals surface area contributed by atoms with Crippen LogP contribution >= 0.6 is 11.8 Å². The Bertz CT molecular complexity index is 624. The Morgan fingerprint density at radius 2 is 2.37 bits per heavy atom. The number of thioether (sulfide) groups is 1. The minimum absolute atomic E-state index is 0. The molecule has 0 radical (unpaired) electrons. The average molecular weight is 287 g/mol. The number of carboxylic acid groups (broad SMARTS) is 1. The molecule has 19 heavy (non-hydrogen) atoms. The molecule has 1 atom stereocenters. The van der Waals surface area contributed by atoms with Gasteiger partial charge in [0.25, 0.3) is 5.91 Å². The number of hydrogen-bond acceptors (Lipinski definition) is 7. The third-order valence-electron chi connectivity index (χ3n) is 2.57. The van der Waals surface area contributed by atoms with Gasteiger partial charge in [0.15, 0.2) is 5.82 Å². The van der Waals surface area contributed by atoms with Crippen molar-refractivity contribution in [1.29, 1.82) is 0 Å². The van der Waals surface area contributed by atoms with Gasteiger partial charge >= 0.3 is 29.6 Å². The van der Waals surface area contributed by atoms with E-state index in [4.69, 9.17) is 4.52 Å². The molecule has 0 aliphatic carbocycles. The van der Waals surface area contributed by atoms with E-state index in [1.54, 1.807) is 6.92 Å². The molecule has 3 rings (SSSR count). The Labute approximate surface area is 134 Å². The van der Waals surface area contributed by atoms with E-state index in [0.717, 1.165) is 0 Å². The first kappa shape index (κ1) is 14.3. The number of amides is 1. The minimum atomic E-state index is -1.35. The van der Waals surface area contributed by atoms with Gasteiger partial charge in [-0.1, -0.05) is 5.16 Å². The summed E-state index contributed by atoms with van der Waals surface area (Å²) in [5, 5.41) is 15.5. The van der Waals surface area contributed by atoms with Crippen molar-refractivity contribution in [3.8, 4) is 0 Å². The Morgan fingerprint density at radius 3 is 2.95 bits per heavy atom. The summed E-state index contributed by atoms with van der Waals surface area (Å²) in [4.78, 5) is 27.7. The number of carboxylic acids is 1. The van der Waals surface area contributed by atoms with Gasteiger partial charge in [-0.3, -0.25) is 9.69 Å². The maximum atomic E-state index is 11.8. The van der Waals surface area contributed by atoms with Crippen molar-refractivity contribution >= 4 is 29.7 Å². The molecule has 2 aliphatic heterocycles. The molecular formula is C10H6N3NaO4S. The molecule has 2 aliphatic rings. The number of rotatable bonds is 2. The van der Waals surface area contributed by atoms with E-state index in [-0.39, 0.29) is 46.5 Å². The van der Waals surface area contributed by atoms with E-state index in [2.05, 4.69) is 10.1 Å². The maximum Gasteiger partial charge on any atom is 1.00 e. The summed E-state index contributed by atoms with van der Waals surface area (Å²) in [6, 6.07) is 0. The quantitative estimate of drug-likeness (QED) is 0.313. The van der Waals surface area contributed by atoms with Crippen LogP contribution in [0.2, 0.25) is 0 Å². The van der Waals surface area contributed by atoms with Gasteiger partial charge in [0.2, 0.25) is 5.89 Å². The van der Waals surface area contributed by atoms with E-state index in [0.29, 0.717) is 17.3 Å². The molecule has 9 heteroatoms. The van der Waals surface area contributed by atoms with Crippen LogP contribution in [0.15, 0.2) is 21.2 Å². The van der Waals surface area contributed by atoms with Gasteiger partial charge in [-0.25, -0.2) is 0 Å². The number of nitrogens with zero attached hydrogens (tertiary/aromatic N) is 3. The molecule has 7 nitrogen and oxygen atoms in total. The Kier molecular flexibility index (Phi) is 3.86. The number of β-lactam (4-membered cyclic amide) rings is 1. The van der Waals surface area contributed by atoms with Gasteiger partial charge in [-0.2, -0.15) is 4.98 Å². The summed E-state index contributed by atoms with van der Waals surface area (Å²) >= 11 is 1.23. The number of carbonyl (C=O) groups excluding carboxylic acids is 2. The van der Waals surface area contributed by atoms with Gasteiger partial charge in [0.1, 0.15) is 5.37 Å². The first-order valence-electron chi connectivity index (χ1n) is 5.00. The van der Waals surface area contributed by atoms with E-state index in [1.165, 1.54) is 28.1 Å². The normalized spacial score (nSPS) is 22.7. The van der Waals surface area contributed by atoms with Crippen molar-refractivity contribution in [2.45, 2.75) is 12.3 Å². The summed E-state index contributed by atoms with van der Waals surface area (Å²) < 4.78 is 4.79. The first-order valence-corrected chi connectivity index (χ1v) is 5.94. The molecule has 1 saturated heterocycles. The van der Waals surface area contributed by atoms with Crippen molar-refractivity contribution in [3.05, 3.63) is 28.4 Å². The molecule has 1 fully saturated rings. The van der Waals surface area contributed by atoms with E-state index in [9.17, 15) is 14.7 Å².